The molecule has 120 valence electrons. The molecular formula is C15H27N3O3. The van der Waals surface area contributed by atoms with Gasteiger partial charge in [-0.05, 0) is 31.7 Å². The van der Waals surface area contributed by atoms with Crippen LogP contribution in [0.1, 0.15) is 39.5 Å². The summed E-state index contributed by atoms with van der Waals surface area (Å²) in [6.45, 7) is 7.41. The van der Waals surface area contributed by atoms with E-state index < -0.39 is 12.0 Å². The van der Waals surface area contributed by atoms with Gasteiger partial charge in [-0.25, -0.2) is 9.59 Å². The van der Waals surface area contributed by atoms with Gasteiger partial charge in [0, 0.05) is 25.7 Å². The Bertz CT molecular complexity index is 388. The second-order valence-electron chi connectivity index (χ2n) is 6.28. The molecule has 6 heteroatoms. The Hall–Kier alpha value is -1.30. The van der Waals surface area contributed by atoms with Crippen LogP contribution in [0.5, 0.6) is 0 Å². The summed E-state index contributed by atoms with van der Waals surface area (Å²) in [6, 6.07) is -0.577. The summed E-state index contributed by atoms with van der Waals surface area (Å²) in [5.41, 5.74) is 0. The van der Waals surface area contributed by atoms with E-state index in [4.69, 9.17) is 0 Å². The number of nitrogens with one attached hydrogen (secondary N) is 1. The number of nitrogens with zero attached hydrogens (tertiary/aromatic N) is 2. The fourth-order valence-electron chi connectivity index (χ4n) is 3.30. The summed E-state index contributed by atoms with van der Waals surface area (Å²) in [7, 11) is 0. The van der Waals surface area contributed by atoms with Crippen LogP contribution in [0, 0.1) is 5.92 Å². The maximum atomic E-state index is 12.4. The predicted octanol–water partition coefficient (Wildman–Crippen LogP) is 1.37. The average molecular weight is 297 g/mol. The van der Waals surface area contributed by atoms with Gasteiger partial charge in [0.25, 0.3) is 0 Å². The van der Waals surface area contributed by atoms with Crippen LogP contribution in [0.4, 0.5) is 4.79 Å². The minimum atomic E-state index is -0.949. The van der Waals surface area contributed by atoms with E-state index in [2.05, 4.69) is 10.2 Å². The van der Waals surface area contributed by atoms with Crippen molar-refractivity contribution in [2.24, 2.45) is 5.92 Å². The standard InChI is InChI=1S/C15H27N3O3/c1-3-11(2)13(14(19)20)16-15(21)18-9-5-8-17-7-4-6-12(17)10-18/h11-13H,3-10H2,1-2H3,(H,16,21)(H,19,20)/t11-,12?,13-/m0/s1. The van der Waals surface area contributed by atoms with Gasteiger partial charge in [-0.2, -0.15) is 0 Å². The molecule has 0 aromatic heterocycles. The molecule has 21 heavy (non-hydrogen) atoms. The maximum absolute atomic E-state index is 12.4. The number of rotatable bonds is 4. The summed E-state index contributed by atoms with van der Waals surface area (Å²) in [6.07, 6.45) is 4.03. The molecule has 0 radical (unpaired) electrons. The largest absolute Gasteiger partial charge is 0.480 e. The lowest BCUT2D eigenvalue weighted by molar-refractivity contribution is -0.140. The summed E-state index contributed by atoms with van der Waals surface area (Å²) in [5.74, 6) is -1.02. The highest BCUT2D eigenvalue weighted by atomic mass is 16.4. The third-order valence-electron chi connectivity index (χ3n) is 4.85. The maximum Gasteiger partial charge on any atom is 0.326 e. The third kappa shape index (κ3) is 3.87. The molecule has 2 aliphatic heterocycles. The number of carbonyl (C=O) groups excluding carboxylic acids is 1. The summed E-state index contributed by atoms with van der Waals surface area (Å²) in [5, 5.41) is 12.0. The molecule has 2 aliphatic rings. The summed E-state index contributed by atoms with van der Waals surface area (Å²) < 4.78 is 0. The lowest BCUT2D eigenvalue weighted by atomic mass is 9.99. The molecule has 0 aromatic carbocycles. The van der Waals surface area contributed by atoms with E-state index in [1.54, 1.807) is 4.90 Å². The van der Waals surface area contributed by atoms with Gasteiger partial charge in [-0.15, -0.1) is 0 Å². The van der Waals surface area contributed by atoms with Crippen LogP contribution >= 0.6 is 0 Å². The van der Waals surface area contributed by atoms with Crippen LogP contribution in [-0.4, -0.2) is 65.2 Å². The smallest absolute Gasteiger partial charge is 0.326 e. The van der Waals surface area contributed by atoms with Crippen molar-refractivity contribution in [1.29, 1.82) is 0 Å². The number of fused-ring (bicyclic) bond motifs is 1. The van der Waals surface area contributed by atoms with Crippen LogP contribution < -0.4 is 5.32 Å². The number of hydrogen-bond donors (Lipinski definition) is 2. The first-order valence-corrected chi connectivity index (χ1v) is 8.05. The predicted molar refractivity (Wildman–Crippen MR) is 80.2 cm³/mol. The second-order valence-corrected chi connectivity index (χ2v) is 6.28. The summed E-state index contributed by atoms with van der Waals surface area (Å²) >= 11 is 0. The number of carbonyl (C=O) groups is 2. The molecule has 0 aliphatic carbocycles. The van der Waals surface area contributed by atoms with Crippen molar-refractivity contribution in [3.8, 4) is 0 Å². The number of carboxylic acid groups (broad SMARTS) is 1. The summed E-state index contributed by atoms with van der Waals surface area (Å²) in [4.78, 5) is 28.0. The van der Waals surface area contributed by atoms with Crippen molar-refractivity contribution in [3.63, 3.8) is 0 Å². The van der Waals surface area contributed by atoms with Gasteiger partial charge in [-0.1, -0.05) is 20.3 Å². The first-order chi connectivity index (χ1) is 10.0. The zero-order valence-electron chi connectivity index (χ0n) is 13.0. The van der Waals surface area contributed by atoms with Gasteiger partial charge in [0.1, 0.15) is 6.04 Å². The number of carboxylic acids is 1. The van der Waals surface area contributed by atoms with E-state index in [9.17, 15) is 14.7 Å². The van der Waals surface area contributed by atoms with Crippen molar-refractivity contribution in [2.45, 2.75) is 51.6 Å². The molecule has 2 N–H and O–H groups in total. The molecule has 0 aromatic rings. The van der Waals surface area contributed by atoms with Gasteiger partial charge in [0.05, 0.1) is 0 Å². The number of urea groups is 1. The number of hydrogen-bond acceptors (Lipinski definition) is 3. The van der Waals surface area contributed by atoms with E-state index in [1.807, 2.05) is 13.8 Å². The zero-order chi connectivity index (χ0) is 15.4. The molecule has 3 atom stereocenters. The zero-order valence-corrected chi connectivity index (χ0v) is 13.0. The Morgan fingerprint density at radius 1 is 1.29 bits per heavy atom. The van der Waals surface area contributed by atoms with Crippen molar-refractivity contribution in [3.05, 3.63) is 0 Å². The Morgan fingerprint density at radius 3 is 2.67 bits per heavy atom. The van der Waals surface area contributed by atoms with E-state index in [0.29, 0.717) is 12.6 Å². The third-order valence-corrected chi connectivity index (χ3v) is 4.85. The monoisotopic (exact) mass is 297 g/mol. The molecule has 6 nitrogen and oxygen atoms in total. The van der Waals surface area contributed by atoms with Gasteiger partial charge in [0.15, 0.2) is 0 Å². The fourth-order valence-corrected chi connectivity index (χ4v) is 3.30. The lowest BCUT2D eigenvalue weighted by Crippen LogP contribution is -2.52. The quantitative estimate of drug-likeness (QED) is 0.822. The van der Waals surface area contributed by atoms with Crippen molar-refractivity contribution < 1.29 is 14.7 Å². The van der Waals surface area contributed by atoms with E-state index in [1.165, 1.54) is 6.42 Å². The molecule has 0 saturated carbocycles. The minimum absolute atomic E-state index is 0.0681. The molecule has 0 spiro atoms. The van der Waals surface area contributed by atoms with Gasteiger partial charge in [0.2, 0.25) is 0 Å². The fraction of sp³-hybridized carbons (Fsp3) is 0.867. The first kappa shape index (κ1) is 16.1. The molecule has 2 saturated heterocycles. The van der Waals surface area contributed by atoms with Crippen LogP contribution in [0.2, 0.25) is 0 Å². The van der Waals surface area contributed by atoms with Crippen LogP contribution in [0.3, 0.4) is 0 Å². The molecule has 2 heterocycles. The Kier molecular flexibility index (Phi) is 5.45. The average Bonchev–Trinajstić information content (AvgIpc) is 2.80. The Labute approximate surface area is 126 Å². The van der Waals surface area contributed by atoms with E-state index in [-0.39, 0.29) is 11.9 Å². The van der Waals surface area contributed by atoms with Crippen LogP contribution in [0.15, 0.2) is 0 Å². The van der Waals surface area contributed by atoms with Crippen LogP contribution in [0.25, 0.3) is 0 Å². The second kappa shape index (κ2) is 7.11. The topological polar surface area (TPSA) is 72.9 Å². The highest BCUT2D eigenvalue weighted by Gasteiger charge is 2.32. The Balaban J connectivity index is 1.96. The van der Waals surface area contributed by atoms with Gasteiger partial charge >= 0.3 is 12.0 Å². The lowest BCUT2D eigenvalue weighted by Gasteiger charge is -2.28. The number of aliphatic carboxylic acids is 1. The van der Waals surface area contributed by atoms with Gasteiger partial charge < -0.3 is 15.3 Å². The van der Waals surface area contributed by atoms with Crippen molar-refractivity contribution in [2.75, 3.05) is 26.2 Å². The normalized spacial score (nSPS) is 25.8. The molecular weight excluding hydrogens is 270 g/mol. The number of amides is 2. The molecule has 2 fully saturated rings. The van der Waals surface area contributed by atoms with Crippen molar-refractivity contribution >= 4 is 12.0 Å². The SMILES string of the molecule is CC[C@H](C)[C@H](NC(=O)N1CCCN2CCCC2C1)C(=O)O. The van der Waals surface area contributed by atoms with Gasteiger partial charge in [-0.3, -0.25) is 4.90 Å². The highest BCUT2D eigenvalue weighted by molar-refractivity contribution is 5.82. The van der Waals surface area contributed by atoms with Crippen LogP contribution in [-0.2, 0) is 4.79 Å². The van der Waals surface area contributed by atoms with E-state index >= 15 is 0 Å². The minimum Gasteiger partial charge on any atom is -0.480 e. The highest BCUT2D eigenvalue weighted by Crippen LogP contribution is 2.21. The van der Waals surface area contributed by atoms with E-state index in [0.717, 1.165) is 38.9 Å². The molecule has 0 bridgehead atoms. The molecule has 2 rings (SSSR count). The van der Waals surface area contributed by atoms with Crippen molar-refractivity contribution in [1.82, 2.24) is 15.1 Å². The Morgan fingerprint density at radius 2 is 2.00 bits per heavy atom. The first-order valence-electron chi connectivity index (χ1n) is 8.05. The molecule has 1 unspecified atom stereocenters. The molecule has 2 amide bonds.